The molecule has 0 amide bonds. The highest BCUT2D eigenvalue weighted by Gasteiger charge is 2.34. The number of nitrogens with one attached hydrogen (secondary N) is 2. The first-order valence-electron chi connectivity index (χ1n) is 9.24. The number of hydrogen-bond donors (Lipinski definition) is 2. The fraction of sp³-hybridized carbons (Fsp3) is 0.429. The first kappa shape index (κ1) is 22.5. The zero-order valence-electron chi connectivity index (χ0n) is 17.3. The second kappa shape index (κ2) is 9.15. The lowest BCUT2D eigenvalue weighted by Gasteiger charge is -2.23. The predicted octanol–water partition coefficient (Wildman–Crippen LogP) is 4.45. The van der Waals surface area contributed by atoms with E-state index in [9.17, 15) is 13.2 Å². The third-order valence-electron chi connectivity index (χ3n) is 4.02. The fourth-order valence-corrected chi connectivity index (χ4v) is 2.66. The van der Waals surface area contributed by atoms with Crippen LogP contribution in [-0.2, 0) is 19.3 Å². The highest BCUT2D eigenvalue weighted by Crippen LogP contribution is 2.35. The molecule has 2 aromatic rings. The number of benzene rings is 1. The number of alkyl halides is 3. The summed E-state index contributed by atoms with van der Waals surface area (Å²) in [7, 11) is 1.56. The van der Waals surface area contributed by atoms with Crippen LogP contribution in [0, 0.1) is 6.92 Å². The minimum absolute atomic E-state index is 0.0362. The van der Waals surface area contributed by atoms with E-state index in [1.165, 1.54) is 6.07 Å². The Bertz CT molecular complexity index is 858. The number of aliphatic imine (C=N–C) groups is 1. The molecule has 5 nitrogen and oxygen atoms in total. The summed E-state index contributed by atoms with van der Waals surface area (Å²) in [4.78, 5) is 8.35. The molecule has 8 heteroatoms. The Morgan fingerprint density at radius 3 is 2.38 bits per heavy atom. The van der Waals surface area contributed by atoms with E-state index in [1.807, 2.05) is 19.1 Å². The van der Waals surface area contributed by atoms with Gasteiger partial charge in [-0.15, -0.1) is 0 Å². The van der Waals surface area contributed by atoms with E-state index in [4.69, 9.17) is 4.74 Å². The van der Waals surface area contributed by atoms with Gasteiger partial charge in [-0.05, 0) is 57.0 Å². The van der Waals surface area contributed by atoms with Gasteiger partial charge in [0.1, 0.15) is 11.4 Å². The first-order valence-corrected chi connectivity index (χ1v) is 9.24. The van der Waals surface area contributed by atoms with Crippen LogP contribution >= 0.6 is 0 Å². The average Bonchev–Trinajstić information content (AvgIpc) is 2.62. The van der Waals surface area contributed by atoms with Crippen molar-refractivity contribution in [2.24, 2.45) is 4.99 Å². The molecule has 0 saturated heterocycles. The maximum absolute atomic E-state index is 13.5. The van der Waals surface area contributed by atoms with Gasteiger partial charge < -0.3 is 15.4 Å². The van der Waals surface area contributed by atoms with E-state index in [-0.39, 0.29) is 17.9 Å². The van der Waals surface area contributed by atoms with E-state index >= 15 is 0 Å². The Kier molecular flexibility index (Phi) is 7.11. The molecule has 0 unspecified atom stereocenters. The molecule has 158 valence electrons. The predicted molar refractivity (Wildman–Crippen MR) is 108 cm³/mol. The summed E-state index contributed by atoms with van der Waals surface area (Å²) < 4.78 is 46.2. The molecule has 29 heavy (non-hydrogen) atoms. The second-order valence-electron chi connectivity index (χ2n) is 7.58. The number of aryl methyl sites for hydroxylation is 1. The normalized spacial score (nSPS) is 12.6. The summed E-state index contributed by atoms with van der Waals surface area (Å²) in [6, 6.07) is 7.79. The summed E-state index contributed by atoms with van der Waals surface area (Å²) in [5.41, 5.74) is 0.649. The molecule has 2 rings (SSSR count). The van der Waals surface area contributed by atoms with Gasteiger partial charge in [0.05, 0.1) is 17.8 Å². The highest BCUT2D eigenvalue weighted by atomic mass is 19.4. The summed E-state index contributed by atoms with van der Waals surface area (Å²) in [5, 5.41) is 5.99. The smallest absolute Gasteiger partial charge is 0.416 e. The minimum Gasteiger partial charge on any atom is -0.488 e. The van der Waals surface area contributed by atoms with Crippen LogP contribution in [-0.4, -0.2) is 23.6 Å². The number of halogens is 3. The van der Waals surface area contributed by atoms with Gasteiger partial charge in [0.25, 0.3) is 0 Å². The molecule has 0 aliphatic heterocycles. The summed E-state index contributed by atoms with van der Waals surface area (Å²) in [6.07, 6.45) is -2.80. The zero-order chi connectivity index (χ0) is 21.7. The van der Waals surface area contributed by atoms with Crippen LogP contribution in [0.5, 0.6) is 5.75 Å². The standard InChI is InChI=1S/C21H27F3N4O/c1-14-7-6-10-26-18(14)13-28-19(25-5)27-12-15-8-9-16(29-20(2,3)4)11-17(15)21(22,23)24/h6-11H,12-13H2,1-5H3,(H2,25,27,28). The zero-order valence-corrected chi connectivity index (χ0v) is 17.3. The lowest BCUT2D eigenvalue weighted by molar-refractivity contribution is -0.138. The van der Waals surface area contributed by atoms with Gasteiger partial charge in [0.2, 0.25) is 0 Å². The number of ether oxygens (including phenoxy) is 1. The lowest BCUT2D eigenvalue weighted by atomic mass is 10.1. The molecule has 0 bridgehead atoms. The van der Waals surface area contributed by atoms with E-state index in [0.29, 0.717) is 12.5 Å². The van der Waals surface area contributed by atoms with Crippen molar-refractivity contribution in [1.29, 1.82) is 0 Å². The van der Waals surface area contributed by atoms with Crippen LogP contribution in [0.15, 0.2) is 41.5 Å². The number of pyridine rings is 1. The van der Waals surface area contributed by atoms with Crippen LogP contribution in [0.3, 0.4) is 0 Å². The lowest BCUT2D eigenvalue weighted by Crippen LogP contribution is -2.37. The van der Waals surface area contributed by atoms with Crippen molar-refractivity contribution in [3.05, 3.63) is 58.9 Å². The van der Waals surface area contributed by atoms with Crippen molar-refractivity contribution in [2.75, 3.05) is 7.05 Å². The van der Waals surface area contributed by atoms with Gasteiger partial charge in [0.15, 0.2) is 5.96 Å². The van der Waals surface area contributed by atoms with E-state index < -0.39 is 17.3 Å². The quantitative estimate of drug-likeness (QED) is 0.567. The Balaban J connectivity index is 2.10. The Hall–Kier alpha value is -2.77. The van der Waals surface area contributed by atoms with Crippen molar-refractivity contribution >= 4 is 5.96 Å². The third kappa shape index (κ3) is 6.96. The van der Waals surface area contributed by atoms with Crippen molar-refractivity contribution in [2.45, 2.75) is 52.6 Å². The average molecular weight is 408 g/mol. The van der Waals surface area contributed by atoms with Crippen molar-refractivity contribution in [3.8, 4) is 5.75 Å². The molecule has 0 fully saturated rings. The summed E-state index contributed by atoms with van der Waals surface area (Å²) in [6.45, 7) is 7.68. The minimum atomic E-state index is -4.49. The Labute approximate surface area is 169 Å². The van der Waals surface area contributed by atoms with Crippen molar-refractivity contribution < 1.29 is 17.9 Å². The van der Waals surface area contributed by atoms with Crippen LogP contribution in [0.25, 0.3) is 0 Å². The number of hydrogen-bond acceptors (Lipinski definition) is 3. The van der Waals surface area contributed by atoms with Crippen molar-refractivity contribution in [3.63, 3.8) is 0 Å². The number of aromatic nitrogens is 1. The van der Waals surface area contributed by atoms with E-state index in [2.05, 4.69) is 20.6 Å². The van der Waals surface area contributed by atoms with Gasteiger partial charge in [-0.2, -0.15) is 13.2 Å². The van der Waals surface area contributed by atoms with Gasteiger partial charge in [-0.3, -0.25) is 9.98 Å². The van der Waals surface area contributed by atoms with Gasteiger partial charge in [-0.25, -0.2) is 0 Å². The number of rotatable bonds is 5. The summed E-state index contributed by atoms with van der Waals surface area (Å²) in [5.74, 6) is 0.569. The molecule has 1 aromatic heterocycles. The number of guanidine groups is 1. The highest BCUT2D eigenvalue weighted by molar-refractivity contribution is 5.79. The van der Waals surface area contributed by atoms with Gasteiger partial charge >= 0.3 is 6.18 Å². The van der Waals surface area contributed by atoms with Crippen LogP contribution in [0.4, 0.5) is 13.2 Å². The monoisotopic (exact) mass is 408 g/mol. The van der Waals surface area contributed by atoms with Gasteiger partial charge in [-0.1, -0.05) is 12.1 Å². The molecule has 0 aliphatic carbocycles. The number of nitrogens with zero attached hydrogens (tertiary/aromatic N) is 2. The molecule has 0 aliphatic rings. The SMILES string of the molecule is CN=C(NCc1ccc(OC(C)(C)C)cc1C(F)(F)F)NCc1ncccc1C. The van der Waals surface area contributed by atoms with Crippen molar-refractivity contribution in [1.82, 2.24) is 15.6 Å². The molecule has 0 spiro atoms. The van der Waals surface area contributed by atoms with Crippen LogP contribution < -0.4 is 15.4 Å². The van der Waals surface area contributed by atoms with Crippen LogP contribution in [0.1, 0.15) is 43.2 Å². The molecule has 1 heterocycles. The maximum atomic E-state index is 13.5. The molecule has 0 atom stereocenters. The molecular formula is C21H27F3N4O. The van der Waals surface area contributed by atoms with Gasteiger partial charge in [0, 0.05) is 19.8 Å². The maximum Gasteiger partial charge on any atom is 0.416 e. The third-order valence-corrected chi connectivity index (χ3v) is 4.02. The second-order valence-corrected chi connectivity index (χ2v) is 7.58. The molecular weight excluding hydrogens is 381 g/mol. The molecule has 2 N–H and O–H groups in total. The topological polar surface area (TPSA) is 58.5 Å². The molecule has 0 radical (unpaired) electrons. The fourth-order valence-electron chi connectivity index (χ4n) is 2.66. The van der Waals surface area contributed by atoms with E-state index in [0.717, 1.165) is 17.3 Å². The van der Waals surface area contributed by atoms with E-state index in [1.54, 1.807) is 40.1 Å². The molecule has 1 aromatic carbocycles. The Morgan fingerprint density at radius 1 is 1.10 bits per heavy atom. The largest absolute Gasteiger partial charge is 0.488 e. The first-order chi connectivity index (χ1) is 13.5. The van der Waals surface area contributed by atoms with Crippen LogP contribution in [0.2, 0.25) is 0 Å². The Morgan fingerprint density at radius 2 is 1.79 bits per heavy atom. The summed E-state index contributed by atoms with van der Waals surface area (Å²) >= 11 is 0. The molecule has 0 saturated carbocycles.